The van der Waals surface area contributed by atoms with Crippen LogP contribution in [0.15, 0.2) is 36.0 Å². The Morgan fingerprint density at radius 1 is 1.06 bits per heavy atom. The summed E-state index contributed by atoms with van der Waals surface area (Å²) in [5.74, 6) is 3.07. The third kappa shape index (κ3) is 3.03. The number of rotatable bonds is 5. The van der Waals surface area contributed by atoms with Crippen LogP contribution in [0.1, 0.15) is 86.5 Å². The maximum Gasteiger partial charge on any atom is 0.147 e. The molecule has 3 nitrogen and oxygen atoms in total. The van der Waals surface area contributed by atoms with Gasteiger partial charge in [-0.15, -0.1) is 0 Å². The summed E-state index contributed by atoms with van der Waals surface area (Å²) in [4.78, 5) is 12.7. The lowest BCUT2D eigenvalue weighted by Crippen LogP contribution is -2.69. The van der Waals surface area contributed by atoms with Crippen molar-refractivity contribution >= 4 is 0 Å². The molecule has 4 aliphatic carbocycles. The second-order valence-corrected chi connectivity index (χ2v) is 12.8. The first-order valence-electron chi connectivity index (χ1n) is 13.2. The molecule has 0 aromatic carbocycles. The van der Waals surface area contributed by atoms with Gasteiger partial charge in [-0.25, -0.2) is 9.78 Å². The van der Waals surface area contributed by atoms with Crippen molar-refractivity contribution in [2.45, 2.75) is 104 Å². The summed E-state index contributed by atoms with van der Waals surface area (Å²) in [6, 6.07) is 0. The van der Waals surface area contributed by atoms with Crippen molar-refractivity contribution in [1.82, 2.24) is 0 Å². The highest BCUT2D eigenvalue weighted by Crippen LogP contribution is 2.71. The van der Waals surface area contributed by atoms with E-state index in [2.05, 4.69) is 71.9 Å². The molecule has 2 heterocycles. The summed E-state index contributed by atoms with van der Waals surface area (Å²) >= 11 is 0. The Morgan fingerprint density at radius 3 is 2.53 bits per heavy atom. The van der Waals surface area contributed by atoms with E-state index in [9.17, 15) is 5.11 Å². The van der Waals surface area contributed by atoms with E-state index < -0.39 is 11.2 Å². The van der Waals surface area contributed by atoms with Gasteiger partial charge in [0.15, 0.2) is 0 Å². The van der Waals surface area contributed by atoms with Crippen molar-refractivity contribution < 1.29 is 14.9 Å². The van der Waals surface area contributed by atoms with E-state index in [0.29, 0.717) is 30.1 Å². The van der Waals surface area contributed by atoms with Gasteiger partial charge >= 0.3 is 0 Å². The minimum absolute atomic E-state index is 0.0730. The average Bonchev–Trinajstić information content (AvgIpc) is 3.09. The molecule has 1 saturated heterocycles. The van der Waals surface area contributed by atoms with Gasteiger partial charge in [0.25, 0.3) is 0 Å². The molecule has 1 N–H and O–H groups in total. The number of allylic oxidation sites excluding steroid dienone is 3. The van der Waals surface area contributed by atoms with Crippen LogP contribution in [0, 0.1) is 40.4 Å². The minimum atomic E-state index is -0.507. The molecule has 2 saturated carbocycles. The minimum Gasteiger partial charge on any atom is -0.393 e. The SMILES string of the molecule is CC(C)CC(C)/C=C/[C@@H](C)[C@H]1CCC2[C@]1(C)CC=C1[C@]23C=C[C@]2(C[C@@H](O)CC[C@]12C)OO3. The number of hydrogen-bond donors (Lipinski definition) is 1. The van der Waals surface area contributed by atoms with E-state index in [-0.39, 0.29) is 16.9 Å². The second-order valence-electron chi connectivity index (χ2n) is 12.8. The quantitative estimate of drug-likeness (QED) is 0.378. The molecule has 32 heavy (non-hydrogen) atoms. The fraction of sp³-hybridized carbons (Fsp3) is 0.793. The molecule has 0 aromatic heterocycles. The van der Waals surface area contributed by atoms with Crippen LogP contribution >= 0.6 is 0 Å². The Balaban J connectivity index is 1.44. The molecular weight excluding hydrogens is 396 g/mol. The fourth-order valence-electron chi connectivity index (χ4n) is 8.62. The van der Waals surface area contributed by atoms with Crippen molar-refractivity contribution in [2.24, 2.45) is 40.4 Å². The number of fused-ring (bicyclic) bond motifs is 2. The molecule has 2 aliphatic heterocycles. The van der Waals surface area contributed by atoms with Crippen molar-refractivity contribution in [3.63, 3.8) is 0 Å². The first-order valence-corrected chi connectivity index (χ1v) is 13.2. The summed E-state index contributed by atoms with van der Waals surface area (Å²) in [7, 11) is 0. The zero-order valence-corrected chi connectivity index (χ0v) is 21.1. The van der Waals surface area contributed by atoms with Crippen LogP contribution in [0.25, 0.3) is 0 Å². The molecule has 3 heteroatoms. The van der Waals surface area contributed by atoms with Gasteiger partial charge in [-0.3, -0.25) is 0 Å². The van der Waals surface area contributed by atoms with Crippen LogP contribution in [-0.4, -0.2) is 22.4 Å². The predicted octanol–water partition coefficient (Wildman–Crippen LogP) is 6.78. The lowest BCUT2D eigenvalue weighted by Gasteiger charge is -2.66. The highest BCUT2D eigenvalue weighted by atomic mass is 17.2. The number of hydrogen-bond acceptors (Lipinski definition) is 3. The molecule has 0 radical (unpaired) electrons. The zero-order chi connectivity index (χ0) is 22.9. The van der Waals surface area contributed by atoms with E-state index in [1.165, 1.54) is 24.8 Å². The molecular formula is C29H44O3. The van der Waals surface area contributed by atoms with Crippen LogP contribution < -0.4 is 0 Å². The summed E-state index contributed by atoms with van der Waals surface area (Å²) in [6.45, 7) is 14.3. The van der Waals surface area contributed by atoms with Crippen molar-refractivity contribution in [1.29, 1.82) is 0 Å². The van der Waals surface area contributed by atoms with Gasteiger partial charge in [-0.05, 0) is 85.3 Å². The van der Waals surface area contributed by atoms with Crippen LogP contribution in [0.2, 0.25) is 0 Å². The Bertz CT molecular complexity index is 841. The highest BCUT2D eigenvalue weighted by Gasteiger charge is 2.71. The molecule has 6 aliphatic rings. The first kappa shape index (κ1) is 22.9. The van der Waals surface area contributed by atoms with Crippen LogP contribution in [-0.2, 0) is 9.78 Å². The Hall–Kier alpha value is -0.900. The van der Waals surface area contributed by atoms with Crippen LogP contribution in [0.3, 0.4) is 0 Å². The van der Waals surface area contributed by atoms with Gasteiger partial charge < -0.3 is 5.11 Å². The molecule has 0 aromatic rings. The van der Waals surface area contributed by atoms with Gasteiger partial charge in [-0.2, -0.15) is 0 Å². The third-order valence-electron chi connectivity index (χ3n) is 10.3. The molecule has 2 spiro atoms. The third-order valence-corrected chi connectivity index (χ3v) is 10.3. The zero-order valence-electron chi connectivity index (χ0n) is 21.1. The monoisotopic (exact) mass is 440 g/mol. The smallest absolute Gasteiger partial charge is 0.147 e. The number of aliphatic hydroxyl groups excluding tert-OH is 1. The van der Waals surface area contributed by atoms with Gasteiger partial charge in [0.1, 0.15) is 11.2 Å². The Labute approximate surface area is 195 Å². The largest absolute Gasteiger partial charge is 0.393 e. The van der Waals surface area contributed by atoms with Crippen LogP contribution in [0.4, 0.5) is 0 Å². The fourth-order valence-corrected chi connectivity index (χ4v) is 8.62. The van der Waals surface area contributed by atoms with Crippen molar-refractivity contribution in [3.8, 4) is 0 Å². The maximum absolute atomic E-state index is 10.4. The van der Waals surface area contributed by atoms with E-state index in [1.807, 2.05) is 0 Å². The molecule has 2 unspecified atom stereocenters. The average molecular weight is 441 g/mol. The lowest BCUT2D eigenvalue weighted by atomic mass is 9.47. The van der Waals surface area contributed by atoms with Crippen molar-refractivity contribution in [2.75, 3.05) is 0 Å². The summed E-state index contributed by atoms with van der Waals surface area (Å²) in [5, 5.41) is 10.4. The predicted molar refractivity (Wildman–Crippen MR) is 129 cm³/mol. The van der Waals surface area contributed by atoms with E-state index in [1.54, 1.807) is 0 Å². The van der Waals surface area contributed by atoms with Gasteiger partial charge in [-0.1, -0.05) is 59.8 Å². The highest BCUT2D eigenvalue weighted by molar-refractivity contribution is 5.48. The topological polar surface area (TPSA) is 38.7 Å². The molecule has 0 amide bonds. The van der Waals surface area contributed by atoms with E-state index in [4.69, 9.17) is 9.78 Å². The molecule has 3 fully saturated rings. The molecule has 6 rings (SSSR count). The van der Waals surface area contributed by atoms with Crippen LogP contribution in [0.5, 0.6) is 0 Å². The first-order chi connectivity index (χ1) is 15.1. The Morgan fingerprint density at radius 2 is 1.84 bits per heavy atom. The summed E-state index contributed by atoms with van der Waals surface area (Å²) in [5.41, 5.74) is 0.657. The summed E-state index contributed by atoms with van der Waals surface area (Å²) < 4.78 is 0. The van der Waals surface area contributed by atoms with E-state index in [0.717, 1.165) is 25.2 Å². The lowest BCUT2D eigenvalue weighted by molar-refractivity contribution is -0.455. The Kier molecular flexibility index (Phi) is 5.40. The van der Waals surface area contributed by atoms with Gasteiger partial charge in [0, 0.05) is 17.8 Å². The van der Waals surface area contributed by atoms with Gasteiger partial charge in [0.05, 0.1) is 6.10 Å². The number of aliphatic hydroxyl groups is 1. The van der Waals surface area contributed by atoms with E-state index >= 15 is 0 Å². The summed E-state index contributed by atoms with van der Waals surface area (Å²) in [6.07, 6.45) is 19.1. The normalized spacial score (nSPS) is 49.0. The van der Waals surface area contributed by atoms with Crippen molar-refractivity contribution in [3.05, 3.63) is 36.0 Å². The molecule has 9 atom stereocenters. The standard InChI is InChI=1S/C29H44O3/c1-19(2)17-20(3)7-8-21(4)23-9-10-24-26(23,5)13-12-25-27(6)14-11-22(30)18-28(27)15-16-29(24,25)32-31-28/h7-8,12,15-16,19-24,30H,9-11,13-14,17-18H2,1-6H3/b8-7+/t20?,21-,22+,23-,24?,26-,27-,28-,29+/m1/s1. The second kappa shape index (κ2) is 7.55. The van der Waals surface area contributed by atoms with Gasteiger partial charge in [0.2, 0.25) is 0 Å². The maximum atomic E-state index is 10.4. The molecule has 178 valence electrons. The molecule has 2 bridgehead atoms.